The van der Waals surface area contributed by atoms with Crippen LogP contribution in [0.2, 0.25) is 0 Å². The molecule has 0 heterocycles. The molecule has 1 aromatic carbocycles. The molecule has 9 N–H and O–H groups in total. The molecule has 0 aromatic heterocycles. The zero-order chi connectivity index (χ0) is 36.6. The number of anilines is 1. The average molecular weight is 697 g/mol. The number of likely N-dealkylation sites (N-methyl/N-ethyl adjacent to an activating group) is 1. The van der Waals surface area contributed by atoms with Crippen LogP contribution in [0.25, 0.3) is 0 Å². The van der Waals surface area contributed by atoms with Gasteiger partial charge in [0.05, 0.1) is 19.8 Å². The SMILES string of the molecule is CNc1ccc(C(=O)NCCCC[C@H](NC(=O)COCCOCCNC(=O)CCC(NC(=O)CC[C@H](NC)C(=O)O)C(=O)O)C(=O)O)cc1. The van der Waals surface area contributed by atoms with E-state index in [-0.39, 0.29) is 71.0 Å². The number of carboxylic acid groups (broad SMARTS) is 3. The van der Waals surface area contributed by atoms with Crippen LogP contribution in [-0.2, 0) is 38.2 Å². The smallest absolute Gasteiger partial charge is 0.326 e. The maximum absolute atomic E-state index is 12.2. The number of carbonyl (C=O) groups is 7. The van der Waals surface area contributed by atoms with Crippen molar-refractivity contribution in [3.63, 3.8) is 0 Å². The third kappa shape index (κ3) is 18.9. The predicted octanol–water partition coefficient (Wildman–Crippen LogP) is -0.850. The van der Waals surface area contributed by atoms with E-state index in [1.807, 2.05) is 0 Å². The third-order valence-electron chi connectivity index (χ3n) is 7.05. The van der Waals surface area contributed by atoms with Gasteiger partial charge in [-0.3, -0.25) is 24.0 Å². The fraction of sp³-hybridized carbons (Fsp3) is 0.581. The lowest BCUT2D eigenvalue weighted by molar-refractivity contribution is -0.143. The highest BCUT2D eigenvalue weighted by atomic mass is 16.5. The molecule has 0 spiro atoms. The van der Waals surface area contributed by atoms with Crippen molar-refractivity contribution in [2.75, 3.05) is 58.9 Å². The highest BCUT2D eigenvalue weighted by molar-refractivity contribution is 5.94. The van der Waals surface area contributed by atoms with Crippen molar-refractivity contribution in [3.05, 3.63) is 29.8 Å². The van der Waals surface area contributed by atoms with Gasteiger partial charge in [0.2, 0.25) is 17.7 Å². The molecule has 0 radical (unpaired) electrons. The number of unbranched alkanes of at least 4 members (excludes halogenated alkanes) is 1. The van der Waals surface area contributed by atoms with Crippen LogP contribution in [0.1, 0.15) is 55.3 Å². The van der Waals surface area contributed by atoms with Crippen LogP contribution in [0.4, 0.5) is 5.69 Å². The summed E-state index contributed by atoms with van der Waals surface area (Å²) in [7, 11) is 3.21. The topological polar surface area (TPSA) is 271 Å². The Labute approximate surface area is 284 Å². The van der Waals surface area contributed by atoms with Gasteiger partial charge in [-0.1, -0.05) is 0 Å². The van der Waals surface area contributed by atoms with Crippen LogP contribution in [0.15, 0.2) is 24.3 Å². The molecular weight excluding hydrogens is 648 g/mol. The van der Waals surface area contributed by atoms with Crippen LogP contribution in [0, 0.1) is 0 Å². The lowest BCUT2D eigenvalue weighted by Gasteiger charge is -2.16. The summed E-state index contributed by atoms with van der Waals surface area (Å²) >= 11 is 0. The first-order chi connectivity index (χ1) is 23.4. The van der Waals surface area contributed by atoms with Crippen LogP contribution in [-0.4, -0.2) is 129 Å². The number of carbonyl (C=O) groups excluding carboxylic acids is 4. The Morgan fingerprint density at radius 3 is 1.82 bits per heavy atom. The second-order valence-corrected chi connectivity index (χ2v) is 10.8. The van der Waals surface area contributed by atoms with E-state index in [1.54, 1.807) is 31.3 Å². The monoisotopic (exact) mass is 696 g/mol. The quantitative estimate of drug-likeness (QED) is 0.0507. The summed E-state index contributed by atoms with van der Waals surface area (Å²) in [5.74, 6) is -5.62. The molecule has 0 aliphatic rings. The summed E-state index contributed by atoms with van der Waals surface area (Å²) < 4.78 is 10.5. The fourth-order valence-electron chi connectivity index (χ4n) is 4.26. The van der Waals surface area contributed by atoms with Gasteiger partial charge in [-0.25, -0.2) is 9.59 Å². The van der Waals surface area contributed by atoms with E-state index >= 15 is 0 Å². The molecule has 1 aromatic rings. The first-order valence-electron chi connectivity index (χ1n) is 15.8. The van der Waals surface area contributed by atoms with Gasteiger partial charge >= 0.3 is 17.9 Å². The van der Waals surface area contributed by atoms with E-state index in [4.69, 9.17) is 14.6 Å². The molecule has 0 saturated heterocycles. The summed E-state index contributed by atoms with van der Waals surface area (Å²) in [6, 6.07) is 3.57. The van der Waals surface area contributed by atoms with Crippen molar-refractivity contribution in [1.29, 1.82) is 0 Å². The number of hydrogen-bond donors (Lipinski definition) is 9. The standard InChI is InChI=1S/C31H48N6O12/c1-32-21-8-6-20(7-9-21)28(41)35-14-4-3-5-23(30(44)45)37-27(40)19-49-18-17-48-16-15-34-25(38)12-11-24(31(46)47)36-26(39)13-10-22(33-2)29(42)43/h6-9,22-24,32-33H,3-5,10-19H2,1-2H3,(H,34,38)(H,35,41)(H,36,39)(H,37,40)(H,42,43)(H,44,45)(H,46,47)/t22-,23-,24?/m0/s1. The number of ether oxygens (including phenoxy) is 2. The van der Waals surface area contributed by atoms with Crippen LogP contribution in [0.3, 0.4) is 0 Å². The van der Waals surface area contributed by atoms with Gasteiger partial charge in [0.15, 0.2) is 0 Å². The van der Waals surface area contributed by atoms with E-state index in [2.05, 4.69) is 31.9 Å². The number of benzene rings is 1. The zero-order valence-corrected chi connectivity index (χ0v) is 27.7. The van der Waals surface area contributed by atoms with Crippen molar-refractivity contribution < 1.29 is 58.4 Å². The average Bonchev–Trinajstić information content (AvgIpc) is 3.06. The van der Waals surface area contributed by atoms with Gasteiger partial charge in [0.25, 0.3) is 5.91 Å². The Morgan fingerprint density at radius 1 is 0.633 bits per heavy atom. The van der Waals surface area contributed by atoms with Gasteiger partial charge in [-0.15, -0.1) is 0 Å². The van der Waals surface area contributed by atoms with Gasteiger partial charge in [-0.05, 0) is 63.4 Å². The molecule has 0 saturated carbocycles. The zero-order valence-electron chi connectivity index (χ0n) is 27.7. The third-order valence-corrected chi connectivity index (χ3v) is 7.05. The summed E-state index contributed by atoms with van der Waals surface area (Å²) in [5, 5.41) is 43.2. The lowest BCUT2D eigenvalue weighted by Crippen LogP contribution is -2.43. The molecule has 0 bridgehead atoms. The first kappa shape index (κ1) is 42.2. The van der Waals surface area contributed by atoms with Crippen LogP contribution < -0.4 is 31.9 Å². The molecule has 0 fully saturated rings. The van der Waals surface area contributed by atoms with E-state index < -0.39 is 53.8 Å². The van der Waals surface area contributed by atoms with Crippen molar-refractivity contribution in [1.82, 2.24) is 26.6 Å². The molecule has 274 valence electrons. The second kappa shape index (κ2) is 24.3. The van der Waals surface area contributed by atoms with Crippen molar-refractivity contribution in [2.24, 2.45) is 0 Å². The van der Waals surface area contributed by atoms with E-state index in [9.17, 15) is 43.8 Å². The number of amides is 4. The fourth-order valence-corrected chi connectivity index (χ4v) is 4.26. The minimum atomic E-state index is -1.33. The van der Waals surface area contributed by atoms with Gasteiger partial charge in [0.1, 0.15) is 24.7 Å². The summed E-state index contributed by atoms with van der Waals surface area (Å²) in [4.78, 5) is 82.4. The van der Waals surface area contributed by atoms with E-state index in [1.165, 1.54) is 7.05 Å². The van der Waals surface area contributed by atoms with Gasteiger partial charge in [-0.2, -0.15) is 0 Å². The van der Waals surface area contributed by atoms with Gasteiger partial charge in [0, 0.05) is 44.2 Å². The molecule has 1 rings (SSSR count). The van der Waals surface area contributed by atoms with Crippen molar-refractivity contribution >= 4 is 47.2 Å². The van der Waals surface area contributed by atoms with Crippen molar-refractivity contribution in [3.8, 4) is 0 Å². The number of carboxylic acids is 3. The number of hydrogen-bond acceptors (Lipinski definition) is 11. The summed E-state index contributed by atoms with van der Waals surface area (Å²) in [5.41, 5.74) is 1.39. The maximum Gasteiger partial charge on any atom is 0.326 e. The van der Waals surface area contributed by atoms with Gasteiger partial charge < -0.3 is 56.7 Å². The molecule has 3 atom stereocenters. The highest BCUT2D eigenvalue weighted by Crippen LogP contribution is 2.09. The molecular formula is C31H48N6O12. The number of aliphatic carboxylic acids is 3. The molecule has 0 aliphatic carbocycles. The van der Waals surface area contributed by atoms with E-state index in [0.29, 0.717) is 24.9 Å². The van der Waals surface area contributed by atoms with E-state index in [0.717, 1.165) is 5.69 Å². The number of nitrogens with one attached hydrogen (secondary N) is 6. The Kier molecular flexibility index (Phi) is 21.0. The summed E-state index contributed by atoms with van der Waals surface area (Å²) in [6.45, 7) is 0.279. The van der Waals surface area contributed by atoms with Crippen LogP contribution in [0.5, 0.6) is 0 Å². The minimum Gasteiger partial charge on any atom is -0.480 e. The van der Waals surface area contributed by atoms with Crippen LogP contribution >= 0.6 is 0 Å². The Balaban J connectivity index is 2.16. The Morgan fingerprint density at radius 2 is 1.20 bits per heavy atom. The molecule has 1 unspecified atom stereocenters. The largest absolute Gasteiger partial charge is 0.480 e. The first-order valence-corrected chi connectivity index (χ1v) is 15.8. The molecule has 18 nitrogen and oxygen atoms in total. The predicted molar refractivity (Wildman–Crippen MR) is 175 cm³/mol. The normalized spacial score (nSPS) is 12.5. The number of rotatable bonds is 27. The Bertz CT molecular complexity index is 1230. The summed E-state index contributed by atoms with van der Waals surface area (Å²) in [6.07, 6.45) is 0.528. The van der Waals surface area contributed by atoms with Crippen molar-refractivity contribution in [2.45, 2.75) is 63.1 Å². The molecule has 0 aliphatic heterocycles. The molecule has 18 heteroatoms. The minimum absolute atomic E-state index is 0.0258. The Hall–Kier alpha value is -4.81. The highest BCUT2D eigenvalue weighted by Gasteiger charge is 2.23. The maximum atomic E-state index is 12.2. The molecule has 4 amide bonds. The second-order valence-electron chi connectivity index (χ2n) is 10.8. The molecule has 49 heavy (non-hydrogen) atoms. The lowest BCUT2D eigenvalue weighted by atomic mass is 10.1.